The summed E-state index contributed by atoms with van der Waals surface area (Å²) < 4.78 is 26.1. The molecule has 0 radical (unpaired) electrons. The van der Waals surface area contributed by atoms with E-state index in [0.29, 0.717) is 4.90 Å². The van der Waals surface area contributed by atoms with Gasteiger partial charge in [0.05, 0.1) is 10.6 Å². The summed E-state index contributed by atoms with van der Waals surface area (Å²) in [7, 11) is -3.26. The van der Waals surface area contributed by atoms with Crippen LogP contribution in [0.3, 0.4) is 0 Å². The van der Waals surface area contributed by atoms with Gasteiger partial charge in [-0.25, -0.2) is 8.42 Å². The standard InChI is InChI=1S/C15H22Br2O2S/c1-3-8-15(11-16,9-4-2)12-20(18,19)14-7-5-6-13(17)10-14/h5-7,10H,3-4,8-9,11-12H2,1-2H3. The minimum Gasteiger partial charge on any atom is -0.224 e. The lowest BCUT2D eigenvalue weighted by Gasteiger charge is -2.31. The van der Waals surface area contributed by atoms with Gasteiger partial charge in [0.25, 0.3) is 0 Å². The summed E-state index contributed by atoms with van der Waals surface area (Å²) >= 11 is 6.88. The minimum absolute atomic E-state index is 0.162. The first-order valence-corrected chi connectivity index (χ1v) is 10.5. The summed E-state index contributed by atoms with van der Waals surface area (Å²) in [6, 6.07) is 6.98. The molecule has 1 rings (SSSR count). The number of alkyl halides is 1. The van der Waals surface area contributed by atoms with E-state index in [4.69, 9.17) is 0 Å². The van der Waals surface area contributed by atoms with Crippen molar-refractivity contribution in [1.82, 2.24) is 0 Å². The predicted octanol–water partition coefficient (Wildman–Crippen LogP) is 5.20. The average Bonchev–Trinajstić information content (AvgIpc) is 2.39. The van der Waals surface area contributed by atoms with Gasteiger partial charge in [-0.05, 0) is 36.5 Å². The zero-order valence-electron chi connectivity index (χ0n) is 12.0. The van der Waals surface area contributed by atoms with Gasteiger partial charge in [0.1, 0.15) is 0 Å². The highest BCUT2D eigenvalue weighted by Crippen LogP contribution is 2.35. The van der Waals surface area contributed by atoms with Gasteiger partial charge < -0.3 is 0 Å². The van der Waals surface area contributed by atoms with Crippen LogP contribution >= 0.6 is 31.9 Å². The molecule has 0 unspecified atom stereocenters. The van der Waals surface area contributed by atoms with Crippen LogP contribution in [-0.2, 0) is 9.84 Å². The fraction of sp³-hybridized carbons (Fsp3) is 0.600. The summed E-state index contributed by atoms with van der Waals surface area (Å²) in [4.78, 5) is 0.407. The van der Waals surface area contributed by atoms with E-state index in [0.717, 1.165) is 35.5 Å². The van der Waals surface area contributed by atoms with E-state index in [1.165, 1.54) is 0 Å². The third-order valence-corrected chi connectivity index (χ3v) is 7.14. The number of halogens is 2. The number of hydrogen-bond acceptors (Lipinski definition) is 2. The van der Waals surface area contributed by atoms with Crippen molar-refractivity contribution in [1.29, 1.82) is 0 Å². The Morgan fingerprint density at radius 3 is 2.20 bits per heavy atom. The molecule has 2 nitrogen and oxygen atoms in total. The Morgan fingerprint density at radius 2 is 1.75 bits per heavy atom. The van der Waals surface area contributed by atoms with Crippen molar-refractivity contribution in [2.45, 2.75) is 44.4 Å². The molecule has 0 atom stereocenters. The molecule has 114 valence electrons. The quantitative estimate of drug-likeness (QED) is 0.536. The van der Waals surface area contributed by atoms with Crippen LogP contribution in [-0.4, -0.2) is 19.5 Å². The van der Waals surface area contributed by atoms with Crippen LogP contribution < -0.4 is 0 Å². The predicted molar refractivity (Wildman–Crippen MR) is 92.2 cm³/mol. The van der Waals surface area contributed by atoms with E-state index in [-0.39, 0.29) is 11.2 Å². The van der Waals surface area contributed by atoms with E-state index in [9.17, 15) is 8.42 Å². The second-order valence-electron chi connectivity index (χ2n) is 5.35. The maximum atomic E-state index is 12.7. The van der Waals surface area contributed by atoms with Gasteiger partial charge >= 0.3 is 0 Å². The first-order chi connectivity index (χ1) is 9.39. The highest BCUT2D eigenvalue weighted by Gasteiger charge is 2.33. The first kappa shape index (κ1) is 18.2. The fourth-order valence-electron chi connectivity index (χ4n) is 2.65. The van der Waals surface area contributed by atoms with Crippen LogP contribution in [0.5, 0.6) is 0 Å². The van der Waals surface area contributed by atoms with Gasteiger partial charge in [-0.15, -0.1) is 0 Å². The van der Waals surface area contributed by atoms with Gasteiger partial charge in [-0.1, -0.05) is 64.6 Å². The average molecular weight is 426 g/mol. The molecule has 0 aliphatic heterocycles. The van der Waals surface area contributed by atoms with Gasteiger partial charge in [0.15, 0.2) is 9.84 Å². The van der Waals surface area contributed by atoms with Crippen molar-refractivity contribution < 1.29 is 8.42 Å². The largest absolute Gasteiger partial charge is 0.224 e. The SMILES string of the molecule is CCCC(CBr)(CCC)CS(=O)(=O)c1cccc(Br)c1. The van der Waals surface area contributed by atoms with Gasteiger partial charge in [0.2, 0.25) is 0 Å². The molecule has 0 saturated heterocycles. The monoisotopic (exact) mass is 424 g/mol. The van der Waals surface area contributed by atoms with E-state index < -0.39 is 9.84 Å². The summed E-state index contributed by atoms with van der Waals surface area (Å²) in [6.07, 6.45) is 3.86. The fourth-order valence-corrected chi connectivity index (χ4v) is 6.18. The van der Waals surface area contributed by atoms with Gasteiger partial charge in [-0.2, -0.15) is 0 Å². The van der Waals surface area contributed by atoms with Crippen molar-refractivity contribution in [3.8, 4) is 0 Å². The Morgan fingerprint density at radius 1 is 1.15 bits per heavy atom. The molecule has 20 heavy (non-hydrogen) atoms. The van der Waals surface area contributed by atoms with E-state index >= 15 is 0 Å². The van der Waals surface area contributed by atoms with Crippen LogP contribution in [0, 0.1) is 5.41 Å². The molecule has 0 amide bonds. The maximum absolute atomic E-state index is 12.7. The molecule has 0 bridgehead atoms. The molecule has 5 heteroatoms. The summed E-state index contributed by atoms with van der Waals surface area (Å²) in [5.41, 5.74) is -0.162. The number of rotatable bonds is 8. The molecule has 0 spiro atoms. The molecule has 0 N–H and O–H groups in total. The molecule has 0 fully saturated rings. The van der Waals surface area contributed by atoms with Crippen LogP contribution in [0.1, 0.15) is 39.5 Å². The Labute approximate surface area is 139 Å². The summed E-state index contributed by atoms with van der Waals surface area (Å²) in [5, 5.41) is 0.731. The van der Waals surface area contributed by atoms with Crippen molar-refractivity contribution >= 4 is 41.7 Å². The summed E-state index contributed by atoms with van der Waals surface area (Å²) in [5.74, 6) is 0.212. The Bertz CT molecular complexity index is 520. The van der Waals surface area contributed by atoms with Crippen LogP contribution in [0.15, 0.2) is 33.6 Å². The van der Waals surface area contributed by atoms with Crippen LogP contribution in [0.25, 0.3) is 0 Å². The normalized spacial score (nSPS) is 12.6. The molecule has 1 aromatic carbocycles. The lowest BCUT2D eigenvalue weighted by Crippen LogP contribution is -2.32. The zero-order valence-corrected chi connectivity index (χ0v) is 16.0. The Balaban J connectivity index is 3.08. The molecular weight excluding hydrogens is 404 g/mol. The molecule has 1 aromatic rings. The lowest BCUT2D eigenvalue weighted by molar-refractivity contribution is 0.314. The molecule has 0 aliphatic rings. The van der Waals surface area contributed by atoms with E-state index in [1.807, 2.05) is 6.07 Å². The molecule has 0 aromatic heterocycles. The number of hydrogen-bond donors (Lipinski definition) is 0. The third-order valence-electron chi connectivity index (χ3n) is 3.50. The molecule has 0 aliphatic carbocycles. The van der Waals surface area contributed by atoms with E-state index in [2.05, 4.69) is 45.7 Å². The minimum atomic E-state index is -3.26. The highest BCUT2D eigenvalue weighted by atomic mass is 79.9. The second-order valence-corrected chi connectivity index (χ2v) is 8.82. The van der Waals surface area contributed by atoms with Gasteiger partial charge in [0, 0.05) is 9.80 Å². The third kappa shape index (κ3) is 4.85. The second kappa shape index (κ2) is 7.95. The molecule has 0 heterocycles. The number of benzene rings is 1. The van der Waals surface area contributed by atoms with E-state index in [1.54, 1.807) is 18.2 Å². The van der Waals surface area contributed by atoms with Gasteiger partial charge in [-0.3, -0.25) is 0 Å². The van der Waals surface area contributed by atoms with Crippen molar-refractivity contribution in [3.63, 3.8) is 0 Å². The van der Waals surface area contributed by atoms with Crippen molar-refractivity contribution in [2.75, 3.05) is 11.1 Å². The topological polar surface area (TPSA) is 34.1 Å². The van der Waals surface area contributed by atoms with Crippen LogP contribution in [0.4, 0.5) is 0 Å². The highest BCUT2D eigenvalue weighted by molar-refractivity contribution is 9.10. The Hall–Kier alpha value is 0.130. The maximum Gasteiger partial charge on any atom is 0.178 e. The molecular formula is C15H22Br2O2S. The first-order valence-electron chi connectivity index (χ1n) is 6.93. The smallest absolute Gasteiger partial charge is 0.178 e. The van der Waals surface area contributed by atoms with Crippen molar-refractivity contribution in [2.24, 2.45) is 5.41 Å². The number of sulfone groups is 1. The van der Waals surface area contributed by atoms with Crippen LogP contribution in [0.2, 0.25) is 0 Å². The Kier molecular flexibility index (Phi) is 7.22. The summed E-state index contributed by atoms with van der Waals surface area (Å²) in [6.45, 7) is 4.22. The van der Waals surface area contributed by atoms with Crippen molar-refractivity contribution in [3.05, 3.63) is 28.7 Å². The zero-order chi connectivity index (χ0) is 15.2. The molecule has 0 saturated carbocycles. The lowest BCUT2D eigenvalue weighted by atomic mass is 9.83.